The molecule has 1 aromatic carbocycles. The number of aryl methyl sites for hydroxylation is 2. The van der Waals surface area contributed by atoms with Crippen molar-refractivity contribution >= 4 is 29.2 Å². The number of rotatable bonds is 6. The summed E-state index contributed by atoms with van der Waals surface area (Å²) in [5.74, 6) is -2.46. The first-order valence-electron chi connectivity index (χ1n) is 9.22. The molecule has 0 unspecified atom stereocenters. The number of aromatic amines is 1. The number of nitrogens with one attached hydrogen (secondary N) is 2. The van der Waals surface area contributed by atoms with E-state index >= 15 is 0 Å². The summed E-state index contributed by atoms with van der Waals surface area (Å²) < 4.78 is 39.1. The Morgan fingerprint density at radius 1 is 1.33 bits per heavy atom. The molecule has 5 N–H and O–H groups in total. The maximum Gasteiger partial charge on any atom is 0.490 e. The first-order valence-corrected chi connectivity index (χ1v) is 9.60. The van der Waals surface area contributed by atoms with Crippen molar-refractivity contribution in [2.45, 2.75) is 13.1 Å². The van der Waals surface area contributed by atoms with Gasteiger partial charge < -0.3 is 20.9 Å². The van der Waals surface area contributed by atoms with E-state index in [1.807, 2.05) is 6.92 Å². The normalized spacial score (nSPS) is 10.9. The minimum absolute atomic E-state index is 0.311. The van der Waals surface area contributed by atoms with Gasteiger partial charge in [-0.1, -0.05) is 11.6 Å². The zero-order chi connectivity index (χ0) is 24.8. The minimum atomic E-state index is -5.08. The lowest BCUT2D eigenvalue weighted by atomic mass is 10.1. The van der Waals surface area contributed by atoms with Crippen LogP contribution in [0.25, 0.3) is 11.3 Å². The van der Waals surface area contributed by atoms with Crippen molar-refractivity contribution in [1.29, 1.82) is 0 Å². The van der Waals surface area contributed by atoms with Crippen molar-refractivity contribution < 1.29 is 32.6 Å². The number of carboxylic acid groups (broad SMARTS) is 1. The molecule has 0 aliphatic heterocycles. The smallest absolute Gasteiger partial charge is 0.490 e. The van der Waals surface area contributed by atoms with Gasteiger partial charge in [-0.25, -0.2) is 4.79 Å². The summed E-state index contributed by atoms with van der Waals surface area (Å²) in [6.45, 7) is 2.58. The largest absolute Gasteiger partial charge is 0.492 e. The van der Waals surface area contributed by atoms with Gasteiger partial charge in [0.1, 0.15) is 12.4 Å². The second-order valence-electron chi connectivity index (χ2n) is 6.51. The number of nitrogens with two attached hydrogens (primary N) is 1. The lowest BCUT2D eigenvalue weighted by Gasteiger charge is -2.14. The number of H-pyrrole nitrogens is 1. The van der Waals surface area contributed by atoms with Crippen LogP contribution in [0.1, 0.15) is 16.2 Å². The standard InChI is InChI=1S/C17H19ClN6O2.C2HF3O2/c1-10-7-14(23-22-10)17(25)21-11-3-4-15(26-6-5-19)12(8-11)16-13(18)9-20-24(16)2;3-2(4,5)1(6)7/h3-4,7-9H,5-6,19H2,1-2H3,(H,21,25)(H,22,23);(H,6,7). The lowest BCUT2D eigenvalue weighted by molar-refractivity contribution is -0.192. The Balaban J connectivity index is 0.000000479. The van der Waals surface area contributed by atoms with Gasteiger partial charge in [0, 0.05) is 30.5 Å². The molecule has 0 spiro atoms. The Labute approximate surface area is 190 Å². The minimum Gasteiger partial charge on any atom is -0.492 e. The van der Waals surface area contributed by atoms with Crippen molar-refractivity contribution in [3.63, 3.8) is 0 Å². The molecule has 3 aromatic rings. The van der Waals surface area contributed by atoms with Crippen LogP contribution in [0.3, 0.4) is 0 Å². The predicted octanol–water partition coefficient (Wildman–Crippen LogP) is 3.00. The van der Waals surface area contributed by atoms with E-state index in [4.69, 9.17) is 32.0 Å². The number of amides is 1. The number of hydrogen-bond donors (Lipinski definition) is 4. The van der Waals surface area contributed by atoms with Gasteiger partial charge in [-0.05, 0) is 31.2 Å². The lowest BCUT2D eigenvalue weighted by Crippen LogP contribution is -2.21. The van der Waals surface area contributed by atoms with Crippen molar-refractivity contribution in [2.75, 3.05) is 18.5 Å². The molecular formula is C19H20ClF3N6O4. The van der Waals surface area contributed by atoms with Gasteiger partial charge in [-0.3, -0.25) is 14.6 Å². The van der Waals surface area contributed by atoms with E-state index < -0.39 is 12.1 Å². The molecule has 3 rings (SSSR count). The highest BCUT2D eigenvalue weighted by Gasteiger charge is 2.38. The maximum atomic E-state index is 12.3. The molecule has 178 valence electrons. The fourth-order valence-electron chi connectivity index (χ4n) is 2.53. The number of aliphatic carboxylic acids is 1. The Morgan fingerprint density at radius 2 is 2.00 bits per heavy atom. The van der Waals surface area contributed by atoms with E-state index in [-0.39, 0.29) is 5.91 Å². The number of hydrogen-bond acceptors (Lipinski definition) is 6. The Hall–Kier alpha value is -3.58. The molecule has 0 bridgehead atoms. The summed E-state index contributed by atoms with van der Waals surface area (Å²) in [4.78, 5) is 21.2. The van der Waals surface area contributed by atoms with Crippen LogP contribution in [0.2, 0.25) is 5.02 Å². The Bertz CT molecular complexity index is 1110. The predicted molar refractivity (Wildman–Crippen MR) is 113 cm³/mol. The average Bonchev–Trinajstić information content (AvgIpc) is 3.32. The monoisotopic (exact) mass is 488 g/mol. The van der Waals surface area contributed by atoms with E-state index in [2.05, 4.69) is 20.6 Å². The highest BCUT2D eigenvalue weighted by molar-refractivity contribution is 6.33. The van der Waals surface area contributed by atoms with E-state index in [1.54, 1.807) is 42.2 Å². The van der Waals surface area contributed by atoms with Gasteiger partial charge in [0.05, 0.1) is 16.9 Å². The molecule has 0 aliphatic carbocycles. The van der Waals surface area contributed by atoms with E-state index in [1.165, 1.54) is 0 Å². The molecule has 0 saturated heterocycles. The maximum absolute atomic E-state index is 12.3. The second kappa shape index (κ2) is 10.8. The van der Waals surface area contributed by atoms with Gasteiger partial charge in [0.15, 0.2) is 5.69 Å². The van der Waals surface area contributed by atoms with Gasteiger partial charge in [-0.15, -0.1) is 0 Å². The average molecular weight is 489 g/mol. The first-order chi connectivity index (χ1) is 15.4. The summed E-state index contributed by atoms with van der Waals surface area (Å²) in [5.41, 5.74) is 8.63. The number of alkyl halides is 3. The second-order valence-corrected chi connectivity index (χ2v) is 6.91. The summed E-state index contributed by atoms with van der Waals surface area (Å²) in [5, 5.41) is 21.3. The Morgan fingerprint density at radius 3 is 2.48 bits per heavy atom. The van der Waals surface area contributed by atoms with Crippen molar-refractivity contribution in [1.82, 2.24) is 20.0 Å². The third kappa shape index (κ3) is 6.95. The Kier molecular flexibility index (Phi) is 8.43. The molecule has 14 heteroatoms. The van der Waals surface area contributed by atoms with Crippen molar-refractivity contribution in [3.05, 3.63) is 46.9 Å². The highest BCUT2D eigenvalue weighted by atomic mass is 35.5. The van der Waals surface area contributed by atoms with Gasteiger partial charge in [0.2, 0.25) is 0 Å². The molecule has 2 aromatic heterocycles. The molecule has 0 atom stereocenters. The summed E-state index contributed by atoms with van der Waals surface area (Å²) in [7, 11) is 1.78. The number of ether oxygens (including phenoxy) is 1. The van der Waals surface area contributed by atoms with Crippen molar-refractivity contribution in [3.8, 4) is 17.0 Å². The number of benzene rings is 1. The molecule has 0 saturated carbocycles. The van der Waals surface area contributed by atoms with E-state index in [0.717, 1.165) is 5.69 Å². The third-order valence-corrected chi connectivity index (χ3v) is 4.22. The number of carboxylic acids is 1. The number of aromatic nitrogens is 4. The van der Waals surface area contributed by atoms with Crippen LogP contribution < -0.4 is 15.8 Å². The van der Waals surface area contributed by atoms with Crippen LogP contribution >= 0.6 is 11.6 Å². The molecule has 0 radical (unpaired) electrons. The van der Waals surface area contributed by atoms with Crippen LogP contribution in [-0.4, -0.2) is 56.3 Å². The number of carbonyl (C=O) groups is 2. The van der Waals surface area contributed by atoms with Gasteiger partial charge >= 0.3 is 12.1 Å². The van der Waals surface area contributed by atoms with Gasteiger partial charge in [0.25, 0.3) is 5.91 Å². The fraction of sp³-hybridized carbons (Fsp3) is 0.263. The van der Waals surface area contributed by atoms with Crippen LogP contribution in [0.5, 0.6) is 5.75 Å². The first kappa shape index (κ1) is 25.7. The van der Waals surface area contributed by atoms with E-state index in [0.29, 0.717) is 46.6 Å². The third-order valence-electron chi connectivity index (χ3n) is 3.94. The van der Waals surface area contributed by atoms with Crippen molar-refractivity contribution in [2.24, 2.45) is 12.8 Å². The molecule has 0 aliphatic rings. The van der Waals surface area contributed by atoms with Gasteiger partial charge in [-0.2, -0.15) is 23.4 Å². The van der Waals surface area contributed by atoms with E-state index in [9.17, 15) is 18.0 Å². The van der Waals surface area contributed by atoms with Crippen LogP contribution in [0.15, 0.2) is 30.5 Å². The molecule has 1 amide bonds. The molecule has 2 heterocycles. The summed E-state index contributed by atoms with van der Waals surface area (Å²) >= 11 is 6.28. The molecular weight excluding hydrogens is 469 g/mol. The highest BCUT2D eigenvalue weighted by Crippen LogP contribution is 2.36. The SMILES string of the molecule is Cc1cc(C(=O)Nc2ccc(OCCN)c(-c3c(Cl)cnn3C)c2)n[nH]1.O=C(O)C(F)(F)F. The molecule has 0 fully saturated rings. The van der Waals surface area contributed by atoms with Crippen LogP contribution in [-0.2, 0) is 11.8 Å². The zero-order valence-electron chi connectivity index (χ0n) is 17.4. The van der Waals surface area contributed by atoms with Crippen LogP contribution in [0, 0.1) is 6.92 Å². The topological polar surface area (TPSA) is 148 Å². The number of anilines is 1. The number of carbonyl (C=O) groups excluding carboxylic acids is 1. The summed E-state index contributed by atoms with van der Waals surface area (Å²) in [6, 6.07) is 6.97. The van der Waals surface area contributed by atoms with Crippen LogP contribution in [0.4, 0.5) is 18.9 Å². The number of nitrogens with zero attached hydrogens (tertiary/aromatic N) is 3. The zero-order valence-corrected chi connectivity index (χ0v) is 18.2. The fourth-order valence-corrected chi connectivity index (χ4v) is 2.80. The quantitative estimate of drug-likeness (QED) is 0.417. The molecule has 10 nitrogen and oxygen atoms in total. The molecule has 33 heavy (non-hydrogen) atoms. The number of halogens is 4. The summed E-state index contributed by atoms with van der Waals surface area (Å²) in [6.07, 6.45) is -3.53.